The normalized spacial score (nSPS) is 13.1. The minimum atomic E-state index is -1.10. The van der Waals surface area contributed by atoms with Gasteiger partial charge in [0, 0.05) is 0 Å². The molecule has 1 N–H and O–H groups in total. The maximum atomic E-state index is 10.7. The van der Waals surface area contributed by atoms with Gasteiger partial charge in [-0.05, 0) is 34.1 Å². The van der Waals surface area contributed by atoms with Crippen molar-refractivity contribution in [3.8, 4) is 0 Å². The Morgan fingerprint density at radius 1 is 1.33 bits per heavy atom. The van der Waals surface area contributed by atoms with Crippen molar-refractivity contribution in [3.63, 3.8) is 0 Å². The van der Waals surface area contributed by atoms with Crippen molar-refractivity contribution in [1.29, 1.82) is 0 Å². The van der Waals surface area contributed by atoms with Crippen molar-refractivity contribution in [2.45, 2.75) is 52.2 Å². The lowest BCUT2D eigenvalue weighted by molar-refractivity contribution is -0.179. The van der Waals surface area contributed by atoms with Gasteiger partial charge in [-0.3, -0.25) is 0 Å². The number of hydrogen-bond acceptors (Lipinski definition) is 2. The van der Waals surface area contributed by atoms with Gasteiger partial charge < -0.3 is 9.84 Å². The molecular weight excluding hydrogens is 156 g/mol. The van der Waals surface area contributed by atoms with E-state index in [0.29, 0.717) is 0 Å². The van der Waals surface area contributed by atoms with Crippen LogP contribution < -0.4 is 0 Å². The lowest BCUT2D eigenvalue weighted by Gasteiger charge is -2.32. The fourth-order valence-electron chi connectivity index (χ4n) is 0.807. The molecule has 0 radical (unpaired) electrons. The highest BCUT2D eigenvalue weighted by atomic mass is 16.5. The zero-order chi connectivity index (χ0) is 9.99. The summed E-state index contributed by atoms with van der Waals surface area (Å²) in [5.41, 5.74) is -1.47. The molecule has 0 bridgehead atoms. The highest BCUT2D eigenvalue weighted by Crippen LogP contribution is 2.22. The van der Waals surface area contributed by atoms with Crippen molar-refractivity contribution in [2.24, 2.45) is 0 Å². The fraction of sp³-hybridized carbons (Fsp3) is 0.889. The Morgan fingerprint density at radius 3 is 2.00 bits per heavy atom. The second kappa shape index (κ2) is 3.44. The Hall–Kier alpha value is -0.570. The van der Waals surface area contributed by atoms with E-state index < -0.39 is 11.6 Å². The zero-order valence-electron chi connectivity index (χ0n) is 8.47. The Kier molecular flexibility index (Phi) is 3.27. The van der Waals surface area contributed by atoms with Crippen LogP contribution in [0.25, 0.3) is 0 Å². The summed E-state index contributed by atoms with van der Waals surface area (Å²) in [5, 5.41) is 8.78. The SMILES string of the molecule is CCC(C)(C)OC(C)(C)C(=O)O. The van der Waals surface area contributed by atoms with Gasteiger partial charge in [-0.25, -0.2) is 4.79 Å². The number of ether oxygens (including phenoxy) is 1. The van der Waals surface area contributed by atoms with Gasteiger partial charge >= 0.3 is 5.97 Å². The second-order valence-electron chi connectivity index (χ2n) is 4.03. The van der Waals surface area contributed by atoms with Crippen LogP contribution in [0.15, 0.2) is 0 Å². The molecule has 0 fully saturated rings. The summed E-state index contributed by atoms with van der Waals surface area (Å²) in [4.78, 5) is 10.7. The van der Waals surface area contributed by atoms with Crippen molar-refractivity contribution < 1.29 is 14.6 Å². The van der Waals surface area contributed by atoms with E-state index in [1.54, 1.807) is 13.8 Å². The first-order chi connectivity index (χ1) is 5.21. The molecule has 0 aliphatic carbocycles. The molecule has 0 saturated carbocycles. The summed E-state index contributed by atoms with van der Waals surface area (Å²) in [5.74, 6) is -0.927. The molecule has 0 aliphatic heterocycles. The van der Waals surface area contributed by atoms with Crippen LogP contribution in [0.4, 0.5) is 0 Å². The number of rotatable bonds is 4. The monoisotopic (exact) mass is 174 g/mol. The highest BCUT2D eigenvalue weighted by Gasteiger charge is 2.34. The van der Waals surface area contributed by atoms with E-state index in [1.807, 2.05) is 20.8 Å². The average molecular weight is 174 g/mol. The van der Waals surface area contributed by atoms with Crippen molar-refractivity contribution in [3.05, 3.63) is 0 Å². The van der Waals surface area contributed by atoms with E-state index in [-0.39, 0.29) is 5.60 Å². The standard InChI is InChI=1S/C9H18O3/c1-6-8(2,3)12-9(4,5)7(10)11/h6H2,1-5H3,(H,10,11). The maximum Gasteiger partial charge on any atom is 0.335 e. The predicted octanol–water partition coefficient (Wildman–Crippen LogP) is 2.05. The third-order valence-corrected chi connectivity index (χ3v) is 1.90. The maximum absolute atomic E-state index is 10.7. The van der Waals surface area contributed by atoms with Gasteiger partial charge in [0.1, 0.15) is 0 Å². The molecule has 0 aromatic rings. The van der Waals surface area contributed by atoms with Crippen LogP contribution in [0.3, 0.4) is 0 Å². The summed E-state index contributed by atoms with van der Waals surface area (Å²) in [7, 11) is 0. The van der Waals surface area contributed by atoms with Crippen LogP contribution in [0.5, 0.6) is 0 Å². The summed E-state index contributed by atoms with van der Waals surface area (Å²) < 4.78 is 5.44. The predicted molar refractivity (Wildman–Crippen MR) is 47.2 cm³/mol. The molecule has 0 rings (SSSR count). The first-order valence-corrected chi connectivity index (χ1v) is 4.15. The van der Waals surface area contributed by atoms with Gasteiger partial charge in [0.25, 0.3) is 0 Å². The highest BCUT2D eigenvalue weighted by molar-refractivity contribution is 5.76. The van der Waals surface area contributed by atoms with Gasteiger partial charge in [-0.1, -0.05) is 6.92 Å². The molecule has 72 valence electrons. The summed E-state index contributed by atoms with van der Waals surface area (Å²) >= 11 is 0. The van der Waals surface area contributed by atoms with E-state index in [0.717, 1.165) is 6.42 Å². The minimum Gasteiger partial charge on any atom is -0.479 e. The Morgan fingerprint density at radius 2 is 1.75 bits per heavy atom. The fourth-order valence-corrected chi connectivity index (χ4v) is 0.807. The van der Waals surface area contributed by atoms with E-state index >= 15 is 0 Å². The smallest absolute Gasteiger partial charge is 0.335 e. The topological polar surface area (TPSA) is 46.5 Å². The van der Waals surface area contributed by atoms with Gasteiger partial charge in [-0.2, -0.15) is 0 Å². The lowest BCUT2D eigenvalue weighted by atomic mass is 10.0. The van der Waals surface area contributed by atoms with Gasteiger partial charge in [0.05, 0.1) is 5.60 Å². The first kappa shape index (κ1) is 11.4. The molecule has 0 aliphatic rings. The Bertz CT molecular complexity index is 171. The first-order valence-electron chi connectivity index (χ1n) is 4.15. The van der Waals surface area contributed by atoms with Crippen molar-refractivity contribution in [1.82, 2.24) is 0 Å². The average Bonchev–Trinajstić information content (AvgIpc) is 1.85. The third-order valence-electron chi connectivity index (χ3n) is 1.90. The number of aliphatic carboxylic acids is 1. The van der Waals surface area contributed by atoms with Crippen LogP contribution in [-0.4, -0.2) is 22.3 Å². The molecule has 0 heterocycles. The van der Waals surface area contributed by atoms with Crippen LogP contribution >= 0.6 is 0 Å². The molecule has 12 heavy (non-hydrogen) atoms. The molecule has 0 aromatic heterocycles. The summed E-state index contributed by atoms with van der Waals surface area (Å²) in [6, 6.07) is 0. The molecule has 3 nitrogen and oxygen atoms in total. The number of carbonyl (C=O) groups is 1. The summed E-state index contributed by atoms with van der Waals surface area (Å²) in [6.45, 7) is 8.87. The Balaban J connectivity index is 4.34. The molecule has 0 atom stereocenters. The number of carboxylic acids is 1. The Labute approximate surface area is 73.7 Å². The van der Waals surface area contributed by atoms with E-state index in [4.69, 9.17) is 9.84 Å². The van der Waals surface area contributed by atoms with Crippen LogP contribution in [-0.2, 0) is 9.53 Å². The van der Waals surface area contributed by atoms with E-state index in [1.165, 1.54) is 0 Å². The summed E-state index contributed by atoms with van der Waals surface area (Å²) in [6.07, 6.45) is 0.795. The molecule has 0 unspecified atom stereocenters. The van der Waals surface area contributed by atoms with Crippen LogP contribution in [0.2, 0.25) is 0 Å². The van der Waals surface area contributed by atoms with Gasteiger partial charge in [0.15, 0.2) is 5.60 Å². The van der Waals surface area contributed by atoms with Crippen molar-refractivity contribution in [2.75, 3.05) is 0 Å². The van der Waals surface area contributed by atoms with E-state index in [9.17, 15) is 4.79 Å². The molecule has 0 aromatic carbocycles. The number of hydrogen-bond donors (Lipinski definition) is 1. The molecule has 3 heteroatoms. The van der Waals surface area contributed by atoms with E-state index in [2.05, 4.69) is 0 Å². The largest absolute Gasteiger partial charge is 0.479 e. The molecular formula is C9H18O3. The minimum absolute atomic E-state index is 0.373. The van der Waals surface area contributed by atoms with Gasteiger partial charge in [0.2, 0.25) is 0 Å². The third kappa shape index (κ3) is 3.22. The molecule has 0 spiro atoms. The lowest BCUT2D eigenvalue weighted by Crippen LogP contribution is -2.42. The second-order valence-corrected chi connectivity index (χ2v) is 4.03. The van der Waals surface area contributed by atoms with Crippen LogP contribution in [0, 0.1) is 0 Å². The number of carboxylic acid groups (broad SMARTS) is 1. The molecule has 0 saturated heterocycles. The van der Waals surface area contributed by atoms with Crippen molar-refractivity contribution >= 4 is 5.97 Å². The van der Waals surface area contributed by atoms with Crippen LogP contribution in [0.1, 0.15) is 41.0 Å². The van der Waals surface area contributed by atoms with Gasteiger partial charge in [-0.15, -0.1) is 0 Å². The zero-order valence-corrected chi connectivity index (χ0v) is 8.47. The molecule has 0 amide bonds. The quantitative estimate of drug-likeness (QED) is 0.709.